The van der Waals surface area contributed by atoms with Gasteiger partial charge in [-0.2, -0.15) is 0 Å². The van der Waals surface area contributed by atoms with Crippen molar-refractivity contribution in [2.45, 2.75) is 51.0 Å². The first-order valence-electron chi connectivity index (χ1n) is 8.78. The fraction of sp³-hybridized carbons (Fsp3) is 0.611. The minimum Gasteiger partial charge on any atom is -0.341 e. The summed E-state index contributed by atoms with van der Waals surface area (Å²) in [5.74, 6) is 0.0159. The van der Waals surface area contributed by atoms with Gasteiger partial charge in [-0.05, 0) is 37.8 Å². The van der Waals surface area contributed by atoms with E-state index in [4.69, 9.17) is 0 Å². The molecule has 124 valence electrons. The second kappa shape index (κ2) is 7.57. The maximum atomic E-state index is 12.9. The van der Waals surface area contributed by atoms with Gasteiger partial charge in [0.1, 0.15) is 11.7 Å². The zero-order valence-corrected chi connectivity index (χ0v) is 13.6. The molecule has 2 fully saturated rings. The van der Waals surface area contributed by atoms with Crippen molar-refractivity contribution in [2.24, 2.45) is 0 Å². The van der Waals surface area contributed by atoms with Gasteiger partial charge in [-0.15, -0.1) is 0 Å². The highest BCUT2D eigenvalue weighted by Gasteiger charge is 2.37. The average Bonchev–Trinajstić information content (AvgIpc) is 3.03. The third-order valence-electron chi connectivity index (χ3n) is 4.85. The number of pyridine rings is 1. The first-order chi connectivity index (χ1) is 11.3. The fourth-order valence-corrected chi connectivity index (χ4v) is 3.58. The van der Waals surface area contributed by atoms with Crippen molar-refractivity contribution in [1.29, 1.82) is 0 Å². The molecule has 1 atom stereocenters. The van der Waals surface area contributed by atoms with Crippen LogP contribution in [0.1, 0.15) is 55.4 Å². The lowest BCUT2D eigenvalue weighted by molar-refractivity contribution is -0.135. The van der Waals surface area contributed by atoms with Gasteiger partial charge in [0, 0.05) is 25.8 Å². The minimum absolute atomic E-state index is 0.117. The van der Waals surface area contributed by atoms with Gasteiger partial charge in [0.05, 0.1) is 0 Å². The molecule has 2 amide bonds. The number of likely N-dealkylation sites (tertiary alicyclic amines) is 2. The summed E-state index contributed by atoms with van der Waals surface area (Å²) in [6, 6.07) is 5.02. The highest BCUT2D eigenvalue weighted by atomic mass is 16.2. The normalized spacial score (nSPS) is 22.5. The van der Waals surface area contributed by atoms with E-state index in [1.807, 2.05) is 11.0 Å². The molecular formula is C18H25N3O2. The molecule has 0 unspecified atom stereocenters. The molecule has 5 heteroatoms. The monoisotopic (exact) mass is 315 g/mol. The number of aromatic nitrogens is 1. The number of carbonyl (C=O) groups is 2. The number of nitrogens with zero attached hydrogens (tertiary/aromatic N) is 3. The van der Waals surface area contributed by atoms with Crippen molar-refractivity contribution in [3.63, 3.8) is 0 Å². The molecule has 0 spiro atoms. The fourth-order valence-electron chi connectivity index (χ4n) is 3.58. The molecule has 0 saturated carbocycles. The Bertz CT molecular complexity index is 538. The van der Waals surface area contributed by atoms with E-state index in [1.165, 1.54) is 19.3 Å². The molecule has 0 aromatic carbocycles. The number of carbonyl (C=O) groups excluding carboxylic acids is 2. The van der Waals surface area contributed by atoms with Gasteiger partial charge in [-0.25, -0.2) is 0 Å². The van der Waals surface area contributed by atoms with Crippen LogP contribution in [0.25, 0.3) is 0 Å². The Kier molecular flexibility index (Phi) is 5.26. The van der Waals surface area contributed by atoms with Crippen LogP contribution >= 0.6 is 0 Å². The molecule has 0 bridgehead atoms. The zero-order valence-electron chi connectivity index (χ0n) is 13.6. The van der Waals surface area contributed by atoms with E-state index < -0.39 is 0 Å². The van der Waals surface area contributed by atoms with Crippen molar-refractivity contribution >= 4 is 11.8 Å². The summed E-state index contributed by atoms with van der Waals surface area (Å²) < 4.78 is 0. The van der Waals surface area contributed by atoms with Gasteiger partial charge < -0.3 is 9.80 Å². The van der Waals surface area contributed by atoms with Crippen LogP contribution in [-0.4, -0.2) is 52.3 Å². The molecule has 2 aliphatic heterocycles. The van der Waals surface area contributed by atoms with Crippen molar-refractivity contribution < 1.29 is 9.59 Å². The highest BCUT2D eigenvalue weighted by Crippen LogP contribution is 2.22. The van der Waals surface area contributed by atoms with Crippen molar-refractivity contribution in [3.8, 4) is 0 Å². The number of hydrogen-bond acceptors (Lipinski definition) is 3. The van der Waals surface area contributed by atoms with Crippen LogP contribution in [-0.2, 0) is 4.79 Å². The van der Waals surface area contributed by atoms with Crippen molar-refractivity contribution in [3.05, 3.63) is 30.1 Å². The molecule has 3 rings (SSSR count). The first kappa shape index (κ1) is 16.0. The Hall–Kier alpha value is -1.91. The van der Waals surface area contributed by atoms with Gasteiger partial charge >= 0.3 is 0 Å². The van der Waals surface area contributed by atoms with Crippen LogP contribution in [0.15, 0.2) is 24.4 Å². The van der Waals surface area contributed by atoms with Crippen LogP contribution in [0.4, 0.5) is 0 Å². The number of amides is 2. The Morgan fingerprint density at radius 1 is 0.957 bits per heavy atom. The van der Waals surface area contributed by atoms with Gasteiger partial charge in [0.25, 0.3) is 5.91 Å². The number of hydrogen-bond donors (Lipinski definition) is 0. The van der Waals surface area contributed by atoms with E-state index in [0.717, 1.165) is 38.8 Å². The van der Waals surface area contributed by atoms with Crippen LogP contribution in [0, 0.1) is 0 Å². The second-order valence-electron chi connectivity index (χ2n) is 6.46. The molecule has 23 heavy (non-hydrogen) atoms. The molecular weight excluding hydrogens is 290 g/mol. The number of rotatable bonds is 2. The summed E-state index contributed by atoms with van der Waals surface area (Å²) in [6.07, 6.45) is 9.11. The topological polar surface area (TPSA) is 53.5 Å². The predicted octanol–water partition coefficient (Wildman–Crippen LogP) is 2.48. The summed E-state index contributed by atoms with van der Waals surface area (Å²) in [5, 5.41) is 0. The van der Waals surface area contributed by atoms with Crippen LogP contribution in [0.2, 0.25) is 0 Å². The Morgan fingerprint density at radius 3 is 2.39 bits per heavy atom. The largest absolute Gasteiger partial charge is 0.341 e. The molecule has 0 radical (unpaired) electrons. The lowest BCUT2D eigenvalue weighted by atomic mass is 10.1. The van der Waals surface area contributed by atoms with Crippen LogP contribution in [0.5, 0.6) is 0 Å². The van der Waals surface area contributed by atoms with Crippen LogP contribution in [0.3, 0.4) is 0 Å². The third kappa shape index (κ3) is 3.71. The van der Waals surface area contributed by atoms with Gasteiger partial charge in [0.2, 0.25) is 5.91 Å². The SMILES string of the molecule is O=C([C@@H]1CCCN1C(=O)c1ccccn1)N1CCCCCCC1. The molecule has 1 aromatic heterocycles. The van der Waals surface area contributed by atoms with Crippen molar-refractivity contribution in [1.82, 2.24) is 14.8 Å². The van der Waals surface area contributed by atoms with E-state index in [9.17, 15) is 9.59 Å². The minimum atomic E-state index is -0.302. The van der Waals surface area contributed by atoms with Gasteiger partial charge in [0.15, 0.2) is 0 Å². The Balaban J connectivity index is 1.70. The molecule has 0 aliphatic carbocycles. The van der Waals surface area contributed by atoms with E-state index in [2.05, 4.69) is 4.98 Å². The second-order valence-corrected chi connectivity index (χ2v) is 6.46. The molecule has 1 aromatic rings. The quantitative estimate of drug-likeness (QED) is 0.842. The van der Waals surface area contributed by atoms with E-state index >= 15 is 0 Å². The predicted molar refractivity (Wildman–Crippen MR) is 88.0 cm³/mol. The summed E-state index contributed by atoms with van der Waals surface area (Å²) >= 11 is 0. The standard InChI is InChI=1S/C18H25N3O2/c22-17(15-9-4-5-11-19-15)21-14-8-10-16(21)18(23)20-12-6-2-1-3-7-13-20/h4-5,9,11,16H,1-3,6-8,10,12-14H2/t16-/m0/s1. The summed E-state index contributed by atoms with van der Waals surface area (Å²) in [6.45, 7) is 2.32. The lowest BCUT2D eigenvalue weighted by Crippen LogP contribution is -2.48. The smallest absolute Gasteiger partial charge is 0.273 e. The molecule has 5 nitrogen and oxygen atoms in total. The summed E-state index contributed by atoms with van der Waals surface area (Å²) in [4.78, 5) is 33.4. The summed E-state index contributed by atoms with van der Waals surface area (Å²) in [5.41, 5.74) is 0.430. The van der Waals surface area contributed by atoms with Crippen molar-refractivity contribution in [2.75, 3.05) is 19.6 Å². The molecule has 0 N–H and O–H groups in total. The van der Waals surface area contributed by atoms with Gasteiger partial charge in [-0.3, -0.25) is 14.6 Å². The van der Waals surface area contributed by atoms with Gasteiger partial charge in [-0.1, -0.05) is 25.3 Å². The van der Waals surface area contributed by atoms with E-state index in [-0.39, 0.29) is 17.9 Å². The molecule has 3 heterocycles. The average molecular weight is 315 g/mol. The van der Waals surface area contributed by atoms with Crippen LogP contribution < -0.4 is 0 Å². The first-order valence-corrected chi connectivity index (χ1v) is 8.78. The Morgan fingerprint density at radius 2 is 1.70 bits per heavy atom. The maximum Gasteiger partial charge on any atom is 0.273 e. The lowest BCUT2D eigenvalue weighted by Gasteiger charge is -2.31. The summed E-state index contributed by atoms with van der Waals surface area (Å²) in [7, 11) is 0. The van der Waals surface area contributed by atoms with E-state index in [0.29, 0.717) is 12.2 Å². The maximum absolute atomic E-state index is 12.9. The third-order valence-corrected chi connectivity index (χ3v) is 4.85. The molecule has 2 saturated heterocycles. The van der Waals surface area contributed by atoms with E-state index in [1.54, 1.807) is 23.2 Å². The highest BCUT2D eigenvalue weighted by molar-refractivity contribution is 5.96. The zero-order chi connectivity index (χ0) is 16.1. The molecule has 2 aliphatic rings. The Labute approximate surface area is 137 Å².